The van der Waals surface area contributed by atoms with Gasteiger partial charge >= 0.3 is 5.97 Å². The third kappa shape index (κ3) is 4.88. The van der Waals surface area contributed by atoms with Crippen LogP contribution in [0.4, 0.5) is 0 Å². The molecule has 2 aromatic rings. The van der Waals surface area contributed by atoms with E-state index >= 15 is 0 Å². The molecule has 2 aliphatic carbocycles. The van der Waals surface area contributed by atoms with Crippen LogP contribution in [0.15, 0.2) is 34.2 Å². The molecule has 4 aliphatic rings. The van der Waals surface area contributed by atoms with E-state index in [4.69, 9.17) is 4.84 Å². The van der Waals surface area contributed by atoms with Crippen LogP contribution in [-0.4, -0.2) is 56.5 Å². The van der Waals surface area contributed by atoms with Gasteiger partial charge in [0.05, 0.1) is 17.5 Å². The molecule has 1 aromatic heterocycles. The molecule has 2 saturated carbocycles. The maximum absolute atomic E-state index is 14.1. The minimum absolute atomic E-state index is 0.0899. The van der Waals surface area contributed by atoms with Gasteiger partial charge in [-0.2, -0.15) is 0 Å². The van der Waals surface area contributed by atoms with Crippen LogP contribution in [0.3, 0.4) is 0 Å². The number of aromatic nitrogens is 2. The Kier molecular flexibility index (Phi) is 7.25. The van der Waals surface area contributed by atoms with E-state index in [1.54, 1.807) is 0 Å². The maximum Gasteiger partial charge on any atom is 0.303 e. The Morgan fingerprint density at radius 3 is 2.32 bits per heavy atom. The summed E-state index contributed by atoms with van der Waals surface area (Å²) in [7, 11) is 1.41. The Hall–Kier alpha value is -2.74. The number of rotatable bonds is 7. The van der Waals surface area contributed by atoms with Gasteiger partial charge in [-0.1, -0.05) is 43.0 Å². The van der Waals surface area contributed by atoms with Gasteiger partial charge in [-0.3, -0.25) is 14.5 Å². The third-order valence-electron chi connectivity index (χ3n) is 9.74. The van der Waals surface area contributed by atoms with Crippen molar-refractivity contribution in [3.05, 3.63) is 40.3 Å². The highest BCUT2D eigenvalue weighted by Crippen LogP contribution is 2.47. The second-order valence-corrected chi connectivity index (χ2v) is 12.1. The molecule has 4 fully saturated rings. The number of piperidine rings is 2. The average Bonchev–Trinajstić information content (AvgIpc) is 2.90. The van der Waals surface area contributed by atoms with Gasteiger partial charge in [0, 0.05) is 30.6 Å². The zero-order chi connectivity index (χ0) is 26.2. The molecule has 1 N–H and O–H groups in total. The number of aliphatic carboxylic acids is 1. The smallest absolute Gasteiger partial charge is 0.303 e. The quantitative estimate of drug-likeness (QED) is 0.401. The van der Waals surface area contributed by atoms with Crippen molar-refractivity contribution in [3.63, 3.8) is 0 Å². The SMILES string of the molecule is CON=C(CCC(=O)O)c1nc2ccccc2n(C2C[C@H]3CCC[C@@H](C2)N3C2CC3CCC[C@H](C3)C2)c1=O. The number of carbonyl (C=O) groups is 1. The number of oxime groups is 1. The van der Waals surface area contributed by atoms with Gasteiger partial charge in [-0.05, 0) is 68.9 Å². The number of hydrogen-bond acceptors (Lipinski definition) is 6. The fraction of sp³-hybridized carbons (Fsp3) is 0.667. The average molecular weight is 521 g/mol. The number of carboxylic acid groups (broad SMARTS) is 1. The van der Waals surface area contributed by atoms with Gasteiger partial charge in [0.1, 0.15) is 12.8 Å². The van der Waals surface area contributed by atoms with Gasteiger partial charge in [-0.25, -0.2) is 4.98 Å². The number of hydrogen-bond donors (Lipinski definition) is 1. The maximum atomic E-state index is 14.1. The highest BCUT2D eigenvalue weighted by atomic mass is 16.6. The van der Waals surface area contributed by atoms with Crippen molar-refractivity contribution >= 4 is 22.7 Å². The Balaban J connectivity index is 1.35. The van der Waals surface area contributed by atoms with Crippen molar-refractivity contribution < 1.29 is 14.7 Å². The van der Waals surface area contributed by atoms with E-state index in [9.17, 15) is 14.7 Å². The Labute approximate surface area is 224 Å². The molecule has 3 unspecified atom stereocenters. The van der Waals surface area contributed by atoms with Crippen LogP contribution >= 0.6 is 0 Å². The van der Waals surface area contributed by atoms with Crippen molar-refractivity contribution in [1.82, 2.24) is 14.5 Å². The summed E-state index contributed by atoms with van der Waals surface area (Å²) < 4.78 is 1.96. The molecular weight excluding hydrogens is 480 g/mol. The number of benzene rings is 1. The molecule has 8 nitrogen and oxygen atoms in total. The van der Waals surface area contributed by atoms with Crippen LogP contribution in [0.2, 0.25) is 0 Å². The fourth-order valence-corrected chi connectivity index (χ4v) is 8.38. The van der Waals surface area contributed by atoms with Gasteiger partial charge in [-0.15, -0.1) is 0 Å². The molecule has 0 amide bonds. The van der Waals surface area contributed by atoms with Crippen LogP contribution in [0.25, 0.3) is 11.0 Å². The first-order valence-electron chi connectivity index (χ1n) is 14.6. The topological polar surface area (TPSA) is 97.0 Å². The lowest BCUT2D eigenvalue weighted by atomic mass is 9.68. The molecule has 204 valence electrons. The molecule has 8 heteroatoms. The van der Waals surface area contributed by atoms with Crippen LogP contribution < -0.4 is 5.56 Å². The van der Waals surface area contributed by atoms with Crippen LogP contribution in [0, 0.1) is 11.8 Å². The minimum atomic E-state index is -0.943. The second-order valence-electron chi connectivity index (χ2n) is 12.1. The molecule has 2 saturated heterocycles. The molecule has 6 atom stereocenters. The number of carboxylic acids is 1. The molecule has 0 spiro atoms. The molecule has 1 aromatic carbocycles. The number of nitrogens with zero attached hydrogens (tertiary/aromatic N) is 4. The van der Waals surface area contributed by atoms with E-state index in [0.29, 0.717) is 23.8 Å². The zero-order valence-electron chi connectivity index (χ0n) is 22.4. The van der Waals surface area contributed by atoms with E-state index in [-0.39, 0.29) is 30.1 Å². The summed E-state index contributed by atoms with van der Waals surface area (Å²) in [6.07, 6.45) is 14.0. The highest BCUT2D eigenvalue weighted by molar-refractivity contribution is 6.00. The Bertz CT molecular complexity index is 1250. The molecule has 0 radical (unpaired) electrons. The molecule has 38 heavy (non-hydrogen) atoms. The van der Waals surface area contributed by atoms with Gasteiger partial charge in [0.2, 0.25) is 0 Å². The lowest BCUT2D eigenvalue weighted by molar-refractivity contribution is -0.136. The second kappa shape index (κ2) is 10.8. The largest absolute Gasteiger partial charge is 0.481 e. The van der Waals surface area contributed by atoms with E-state index in [1.165, 1.54) is 64.9 Å². The standard InChI is InChI=1S/C30H40N4O4/c1-38-32-26(12-13-28(35)36)29-30(37)34(27-11-3-2-10-25(27)31-29)24-17-21-8-5-9-22(18-24)33(21)23-15-19-6-4-7-20(14-19)16-23/h2-3,10-11,19-24H,4-9,12-18H2,1H3,(H,35,36)/t19-,20?,21-,22+,23?,24?/m1/s1. The summed E-state index contributed by atoms with van der Waals surface area (Å²) in [5.74, 6) is 0.871. The van der Waals surface area contributed by atoms with Crippen molar-refractivity contribution in [2.75, 3.05) is 7.11 Å². The Morgan fingerprint density at radius 2 is 1.63 bits per heavy atom. The molecular formula is C30H40N4O4. The van der Waals surface area contributed by atoms with Crippen LogP contribution in [0.5, 0.6) is 0 Å². The van der Waals surface area contributed by atoms with Gasteiger partial charge in [0.15, 0.2) is 5.69 Å². The van der Waals surface area contributed by atoms with Crippen LogP contribution in [0.1, 0.15) is 95.2 Å². The van der Waals surface area contributed by atoms with Crippen molar-refractivity contribution in [2.24, 2.45) is 17.0 Å². The van der Waals surface area contributed by atoms with E-state index in [0.717, 1.165) is 35.7 Å². The summed E-state index contributed by atoms with van der Waals surface area (Å²) in [5, 5.41) is 13.3. The number of fused-ring (bicyclic) bond motifs is 5. The summed E-state index contributed by atoms with van der Waals surface area (Å²) in [5.41, 5.74) is 1.90. The molecule has 6 rings (SSSR count). The third-order valence-corrected chi connectivity index (χ3v) is 9.74. The predicted octanol–water partition coefficient (Wildman–Crippen LogP) is 5.14. The first-order chi connectivity index (χ1) is 18.5. The minimum Gasteiger partial charge on any atom is -0.481 e. The van der Waals surface area contributed by atoms with Crippen molar-refractivity contribution in [2.45, 2.75) is 108 Å². The summed E-state index contributed by atoms with van der Waals surface area (Å²) in [6.45, 7) is 0. The lowest BCUT2D eigenvalue weighted by Crippen LogP contribution is -2.58. The number of para-hydroxylation sites is 2. The predicted molar refractivity (Wildman–Crippen MR) is 146 cm³/mol. The van der Waals surface area contributed by atoms with Crippen molar-refractivity contribution in [1.29, 1.82) is 0 Å². The summed E-state index contributed by atoms with van der Waals surface area (Å²) in [6, 6.07) is 9.62. The van der Waals surface area contributed by atoms with Gasteiger partial charge in [0.25, 0.3) is 5.56 Å². The van der Waals surface area contributed by atoms with Gasteiger partial charge < -0.3 is 14.5 Å². The van der Waals surface area contributed by atoms with Crippen LogP contribution in [-0.2, 0) is 9.63 Å². The van der Waals surface area contributed by atoms with E-state index in [2.05, 4.69) is 15.0 Å². The first-order valence-corrected chi connectivity index (χ1v) is 14.6. The molecule has 3 heterocycles. The lowest BCUT2D eigenvalue weighted by Gasteiger charge is -2.55. The van der Waals surface area contributed by atoms with E-state index < -0.39 is 5.97 Å². The summed E-state index contributed by atoms with van der Waals surface area (Å²) in [4.78, 5) is 38.0. The molecule has 2 aliphatic heterocycles. The molecule has 4 bridgehead atoms. The zero-order valence-corrected chi connectivity index (χ0v) is 22.4. The summed E-state index contributed by atoms with van der Waals surface area (Å²) >= 11 is 0. The normalized spacial score (nSPS) is 31.8. The first kappa shape index (κ1) is 25.5. The highest BCUT2D eigenvalue weighted by Gasteiger charge is 2.45. The van der Waals surface area contributed by atoms with E-state index in [1.807, 2.05) is 28.8 Å². The Morgan fingerprint density at radius 1 is 0.947 bits per heavy atom. The monoisotopic (exact) mass is 520 g/mol. The van der Waals surface area contributed by atoms with Crippen molar-refractivity contribution in [3.8, 4) is 0 Å². The fourth-order valence-electron chi connectivity index (χ4n) is 8.38.